The fourth-order valence-electron chi connectivity index (χ4n) is 7.10. The summed E-state index contributed by atoms with van der Waals surface area (Å²) in [6.45, 7) is 16.6. The normalized spacial score (nSPS) is 33.6. The van der Waals surface area contributed by atoms with Crippen LogP contribution in [0.25, 0.3) is 0 Å². The van der Waals surface area contributed by atoms with E-state index in [1.54, 1.807) is 19.9 Å². The Labute approximate surface area is 229 Å². The van der Waals surface area contributed by atoms with Crippen molar-refractivity contribution in [3.63, 3.8) is 0 Å². The van der Waals surface area contributed by atoms with Crippen LogP contribution in [0, 0.1) is 22.7 Å². The minimum absolute atomic E-state index is 0.139. The summed E-state index contributed by atoms with van der Waals surface area (Å²) >= 11 is 0. The average molecular weight is 531 g/mol. The SMILES string of the molecule is C=C1C(=CC=C2CCC[C@]3(C)[C@@H](C(C)(C)C=C[C@H](O)C(C)(C)OC(=O)OCCC)CC[C@@H]23)C[C@@H](O)C[C@@H]1O. The molecule has 0 unspecified atom stereocenters. The Balaban J connectivity index is 1.74. The Morgan fingerprint density at radius 3 is 2.61 bits per heavy atom. The highest BCUT2D eigenvalue weighted by Gasteiger charge is 2.53. The molecule has 0 saturated heterocycles. The smallest absolute Gasteiger partial charge is 0.434 e. The third-order valence-electron chi connectivity index (χ3n) is 9.32. The summed E-state index contributed by atoms with van der Waals surface area (Å²) in [4.78, 5) is 11.9. The highest BCUT2D eigenvalue weighted by molar-refractivity contribution is 5.60. The van der Waals surface area contributed by atoms with Crippen molar-refractivity contribution < 1.29 is 29.6 Å². The maximum atomic E-state index is 11.9. The van der Waals surface area contributed by atoms with Crippen molar-refractivity contribution in [2.75, 3.05) is 6.61 Å². The van der Waals surface area contributed by atoms with Gasteiger partial charge >= 0.3 is 6.16 Å². The van der Waals surface area contributed by atoms with Crippen molar-refractivity contribution in [1.82, 2.24) is 0 Å². The fourth-order valence-corrected chi connectivity index (χ4v) is 7.10. The number of aliphatic hydroxyl groups is 3. The third-order valence-corrected chi connectivity index (χ3v) is 9.32. The molecule has 6 nitrogen and oxygen atoms in total. The summed E-state index contributed by atoms with van der Waals surface area (Å²) in [5, 5.41) is 31.2. The van der Waals surface area contributed by atoms with Gasteiger partial charge in [0.05, 0.1) is 18.8 Å². The lowest BCUT2D eigenvalue weighted by Crippen LogP contribution is -2.41. The Morgan fingerprint density at radius 1 is 1.21 bits per heavy atom. The van der Waals surface area contributed by atoms with Crippen LogP contribution in [0.1, 0.15) is 92.9 Å². The van der Waals surface area contributed by atoms with Crippen molar-refractivity contribution in [2.45, 2.75) is 117 Å². The summed E-state index contributed by atoms with van der Waals surface area (Å²) in [6.07, 6.45) is 12.5. The standard InChI is InChI=1S/C32H50O6/c1-8-18-37-29(36)38-31(5,6)28(35)15-17-30(3,4)27-14-13-25-22(10-9-16-32(25,27)7)11-12-23-19-24(33)20-26(34)21(23)2/h11-12,15,17,24-28,33-35H,2,8-10,13-14,16,18-20H2,1,3-7H3/t24-,25+,26+,27-,28+,32+/m1/s1. The molecule has 0 spiro atoms. The molecule has 3 N–H and O–H groups in total. The summed E-state index contributed by atoms with van der Waals surface area (Å²) in [7, 11) is 0. The molecule has 214 valence electrons. The number of ether oxygens (including phenoxy) is 2. The Hall–Kier alpha value is -1.89. The fraction of sp³-hybridized carbons (Fsp3) is 0.719. The first-order valence-corrected chi connectivity index (χ1v) is 14.4. The molecule has 0 aromatic carbocycles. The largest absolute Gasteiger partial charge is 0.508 e. The summed E-state index contributed by atoms with van der Waals surface area (Å²) in [5.41, 5.74) is 2.02. The van der Waals surface area contributed by atoms with Crippen molar-refractivity contribution in [3.8, 4) is 0 Å². The minimum atomic E-state index is -1.10. The van der Waals surface area contributed by atoms with Gasteiger partial charge in [0.25, 0.3) is 0 Å². The highest BCUT2D eigenvalue weighted by atomic mass is 16.7. The molecular formula is C32H50O6. The molecule has 3 saturated carbocycles. The van der Waals surface area contributed by atoms with Crippen LogP contribution in [-0.2, 0) is 9.47 Å². The molecule has 6 heteroatoms. The topological polar surface area (TPSA) is 96.2 Å². The van der Waals surface area contributed by atoms with Gasteiger partial charge in [0.1, 0.15) is 11.7 Å². The molecule has 0 radical (unpaired) electrons. The van der Waals surface area contributed by atoms with E-state index < -0.39 is 30.1 Å². The average Bonchev–Trinajstić information content (AvgIpc) is 3.20. The summed E-state index contributed by atoms with van der Waals surface area (Å²) in [5.74, 6) is 0.919. The van der Waals surface area contributed by atoms with Crippen LogP contribution >= 0.6 is 0 Å². The third kappa shape index (κ3) is 6.81. The van der Waals surface area contributed by atoms with E-state index in [4.69, 9.17) is 9.47 Å². The van der Waals surface area contributed by atoms with Crippen LogP contribution in [0.4, 0.5) is 4.79 Å². The second-order valence-electron chi connectivity index (χ2n) is 13.0. The summed E-state index contributed by atoms with van der Waals surface area (Å²) in [6, 6.07) is 0. The van der Waals surface area contributed by atoms with Crippen LogP contribution < -0.4 is 0 Å². The predicted octanol–water partition coefficient (Wildman–Crippen LogP) is 6.41. The first kappa shape index (κ1) is 30.6. The van der Waals surface area contributed by atoms with Crippen LogP contribution in [0.3, 0.4) is 0 Å². The van der Waals surface area contributed by atoms with E-state index in [1.165, 1.54) is 5.57 Å². The molecule has 38 heavy (non-hydrogen) atoms. The first-order chi connectivity index (χ1) is 17.7. The quantitative estimate of drug-likeness (QED) is 0.248. The second kappa shape index (κ2) is 12.1. The van der Waals surface area contributed by atoms with Gasteiger partial charge in [-0.1, -0.05) is 64.2 Å². The lowest BCUT2D eigenvalue weighted by molar-refractivity contribution is -0.0670. The number of aliphatic hydroxyl groups excluding tert-OH is 3. The lowest BCUT2D eigenvalue weighted by Gasteiger charge is -2.47. The first-order valence-electron chi connectivity index (χ1n) is 14.4. The molecule has 0 aromatic heterocycles. The molecule has 0 amide bonds. The Bertz CT molecular complexity index is 957. The number of hydrogen-bond acceptors (Lipinski definition) is 6. The van der Waals surface area contributed by atoms with E-state index in [0.717, 1.165) is 43.3 Å². The highest BCUT2D eigenvalue weighted by Crippen LogP contribution is 2.62. The van der Waals surface area contributed by atoms with Gasteiger partial charge in [0.15, 0.2) is 0 Å². The summed E-state index contributed by atoms with van der Waals surface area (Å²) < 4.78 is 10.4. The predicted molar refractivity (Wildman–Crippen MR) is 150 cm³/mol. The Morgan fingerprint density at radius 2 is 1.92 bits per heavy atom. The molecule has 3 aliphatic rings. The van der Waals surface area contributed by atoms with E-state index in [-0.39, 0.29) is 10.8 Å². The van der Waals surface area contributed by atoms with Crippen molar-refractivity contribution in [2.24, 2.45) is 22.7 Å². The lowest BCUT2D eigenvalue weighted by atomic mass is 9.57. The van der Waals surface area contributed by atoms with Gasteiger partial charge < -0.3 is 24.8 Å². The molecule has 0 heterocycles. The van der Waals surface area contributed by atoms with Crippen molar-refractivity contribution in [1.29, 1.82) is 0 Å². The van der Waals surface area contributed by atoms with E-state index in [0.29, 0.717) is 37.7 Å². The van der Waals surface area contributed by atoms with Crippen molar-refractivity contribution in [3.05, 3.63) is 47.6 Å². The van der Waals surface area contributed by atoms with Crippen LogP contribution in [0.15, 0.2) is 47.6 Å². The van der Waals surface area contributed by atoms with Gasteiger partial charge in [-0.2, -0.15) is 0 Å². The number of rotatable bonds is 8. The number of fused-ring (bicyclic) bond motifs is 1. The second-order valence-corrected chi connectivity index (χ2v) is 13.0. The van der Waals surface area contributed by atoms with Crippen LogP contribution in [-0.4, -0.2) is 52.0 Å². The number of hydrogen-bond donors (Lipinski definition) is 3. The van der Waals surface area contributed by atoms with Gasteiger partial charge in [-0.25, -0.2) is 4.79 Å². The van der Waals surface area contributed by atoms with E-state index in [1.807, 2.05) is 6.92 Å². The number of carbonyl (C=O) groups is 1. The zero-order valence-electron chi connectivity index (χ0n) is 24.3. The van der Waals surface area contributed by atoms with Gasteiger partial charge in [0, 0.05) is 6.42 Å². The van der Waals surface area contributed by atoms with Gasteiger partial charge in [-0.15, -0.1) is 0 Å². The van der Waals surface area contributed by atoms with Gasteiger partial charge in [-0.05, 0) is 92.6 Å². The zero-order valence-corrected chi connectivity index (χ0v) is 24.3. The minimum Gasteiger partial charge on any atom is -0.434 e. The Kier molecular flexibility index (Phi) is 9.76. The number of carbonyl (C=O) groups excluding carboxylic acids is 1. The maximum absolute atomic E-state index is 11.9. The zero-order chi connectivity index (χ0) is 28.3. The van der Waals surface area contributed by atoms with Gasteiger partial charge in [0.2, 0.25) is 0 Å². The molecular weight excluding hydrogens is 480 g/mol. The maximum Gasteiger partial charge on any atom is 0.508 e. The molecule has 0 aliphatic heterocycles. The van der Waals surface area contributed by atoms with Gasteiger partial charge in [-0.3, -0.25) is 0 Å². The monoisotopic (exact) mass is 530 g/mol. The molecule has 0 aromatic rings. The van der Waals surface area contributed by atoms with E-state index in [9.17, 15) is 20.1 Å². The molecule has 3 rings (SSSR count). The number of allylic oxidation sites excluding steroid dienone is 4. The van der Waals surface area contributed by atoms with Crippen LogP contribution in [0.5, 0.6) is 0 Å². The molecule has 3 fully saturated rings. The van der Waals surface area contributed by atoms with Crippen LogP contribution in [0.2, 0.25) is 0 Å². The van der Waals surface area contributed by atoms with E-state index >= 15 is 0 Å². The van der Waals surface area contributed by atoms with Crippen molar-refractivity contribution >= 4 is 6.16 Å². The van der Waals surface area contributed by atoms with E-state index in [2.05, 4.69) is 45.6 Å². The molecule has 6 atom stereocenters. The molecule has 3 aliphatic carbocycles. The molecule has 0 bridgehead atoms.